The summed E-state index contributed by atoms with van der Waals surface area (Å²) in [5.41, 5.74) is 3.94. The van der Waals surface area contributed by atoms with E-state index in [1.807, 2.05) is 6.07 Å². The zero-order chi connectivity index (χ0) is 14.7. The number of hydrogen-bond acceptors (Lipinski definition) is 2. The fourth-order valence-corrected chi connectivity index (χ4v) is 3.10. The highest BCUT2D eigenvalue weighted by Crippen LogP contribution is 2.30. The first kappa shape index (κ1) is 15.7. The van der Waals surface area contributed by atoms with E-state index >= 15 is 0 Å². The molecule has 0 aliphatic rings. The summed E-state index contributed by atoms with van der Waals surface area (Å²) in [6.45, 7) is 0. The number of halogens is 4. The Labute approximate surface area is 135 Å². The Bertz CT molecular complexity index is 602. The molecule has 0 heterocycles. The molecule has 0 radical (unpaired) electrons. The van der Waals surface area contributed by atoms with Gasteiger partial charge in [0, 0.05) is 20.1 Å². The first-order chi connectivity index (χ1) is 9.52. The van der Waals surface area contributed by atoms with Gasteiger partial charge in [0.15, 0.2) is 0 Å². The van der Waals surface area contributed by atoms with E-state index in [-0.39, 0.29) is 5.82 Å². The number of rotatable bonds is 4. The maximum Gasteiger partial charge on any atom is 0.129 e. The lowest BCUT2D eigenvalue weighted by Crippen LogP contribution is -2.30. The van der Waals surface area contributed by atoms with Crippen LogP contribution >= 0.6 is 39.1 Å². The van der Waals surface area contributed by atoms with E-state index in [9.17, 15) is 4.39 Å². The van der Waals surface area contributed by atoms with Gasteiger partial charge in [0.2, 0.25) is 0 Å². The third kappa shape index (κ3) is 3.51. The van der Waals surface area contributed by atoms with Crippen LogP contribution in [0, 0.1) is 5.82 Å². The predicted molar refractivity (Wildman–Crippen MR) is 84.3 cm³/mol. The SMILES string of the molecule is NNC(Cc1ccc(Cl)cc1Cl)c1c(F)cccc1Br. The molecule has 20 heavy (non-hydrogen) atoms. The van der Waals surface area contributed by atoms with Crippen LogP contribution in [0.5, 0.6) is 0 Å². The van der Waals surface area contributed by atoms with Crippen LogP contribution in [-0.2, 0) is 6.42 Å². The molecule has 0 spiro atoms. The van der Waals surface area contributed by atoms with Crippen LogP contribution in [-0.4, -0.2) is 0 Å². The van der Waals surface area contributed by atoms with Crippen molar-refractivity contribution in [1.29, 1.82) is 0 Å². The molecule has 0 aliphatic heterocycles. The number of benzene rings is 2. The lowest BCUT2D eigenvalue weighted by atomic mass is 9.99. The molecule has 1 unspecified atom stereocenters. The molecule has 0 bridgehead atoms. The van der Waals surface area contributed by atoms with Crippen molar-refractivity contribution >= 4 is 39.1 Å². The molecular weight excluding hydrogens is 366 g/mol. The molecule has 2 nitrogen and oxygen atoms in total. The molecule has 3 N–H and O–H groups in total. The number of nitrogens with one attached hydrogen (secondary N) is 1. The average molecular weight is 378 g/mol. The summed E-state index contributed by atoms with van der Waals surface area (Å²) in [5.74, 6) is 5.24. The van der Waals surface area contributed by atoms with Crippen molar-refractivity contribution in [3.63, 3.8) is 0 Å². The normalized spacial score (nSPS) is 12.4. The third-order valence-electron chi connectivity index (χ3n) is 2.99. The molecule has 2 rings (SSSR count). The topological polar surface area (TPSA) is 38.0 Å². The van der Waals surface area contributed by atoms with Gasteiger partial charge in [-0.3, -0.25) is 11.3 Å². The Hall–Kier alpha value is -0.650. The van der Waals surface area contributed by atoms with E-state index in [2.05, 4.69) is 21.4 Å². The van der Waals surface area contributed by atoms with E-state index in [1.54, 1.807) is 24.3 Å². The lowest BCUT2D eigenvalue weighted by molar-refractivity contribution is 0.508. The van der Waals surface area contributed by atoms with Gasteiger partial charge in [0.1, 0.15) is 5.82 Å². The van der Waals surface area contributed by atoms with Gasteiger partial charge in [-0.15, -0.1) is 0 Å². The molecule has 2 aromatic rings. The summed E-state index contributed by atoms with van der Waals surface area (Å²) in [4.78, 5) is 0. The molecule has 6 heteroatoms. The van der Waals surface area contributed by atoms with Crippen molar-refractivity contribution in [3.8, 4) is 0 Å². The number of nitrogens with two attached hydrogens (primary N) is 1. The van der Waals surface area contributed by atoms with E-state index in [0.29, 0.717) is 26.5 Å². The fraction of sp³-hybridized carbons (Fsp3) is 0.143. The Balaban J connectivity index is 2.34. The lowest BCUT2D eigenvalue weighted by Gasteiger charge is -2.19. The molecule has 0 amide bonds. The quantitative estimate of drug-likeness (QED) is 0.601. The molecule has 0 saturated heterocycles. The Kier molecular flexibility index (Phi) is 5.41. The first-order valence-corrected chi connectivity index (χ1v) is 7.41. The highest BCUT2D eigenvalue weighted by atomic mass is 79.9. The largest absolute Gasteiger partial charge is 0.271 e. The molecule has 0 aromatic heterocycles. The van der Waals surface area contributed by atoms with Crippen molar-refractivity contribution in [1.82, 2.24) is 5.43 Å². The summed E-state index contributed by atoms with van der Waals surface area (Å²) in [6, 6.07) is 9.61. The van der Waals surface area contributed by atoms with Gasteiger partial charge in [-0.05, 0) is 36.2 Å². The van der Waals surface area contributed by atoms with E-state index in [1.165, 1.54) is 6.07 Å². The van der Waals surface area contributed by atoms with E-state index in [0.717, 1.165) is 5.56 Å². The molecule has 0 aliphatic carbocycles. The van der Waals surface area contributed by atoms with Gasteiger partial charge in [0.25, 0.3) is 0 Å². The van der Waals surface area contributed by atoms with E-state index < -0.39 is 6.04 Å². The second-order valence-electron chi connectivity index (χ2n) is 4.29. The van der Waals surface area contributed by atoms with Crippen LogP contribution in [0.1, 0.15) is 17.2 Å². The first-order valence-electron chi connectivity index (χ1n) is 5.87. The van der Waals surface area contributed by atoms with Crippen molar-refractivity contribution in [3.05, 3.63) is 67.9 Å². The second-order valence-corrected chi connectivity index (χ2v) is 5.99. The maximum atomic E-state index is 14.0. The minimum Gasteiger partial charge on any atom is -0.271 e. The number of hydrogen-bond donors (Lipinski definition) is 2. The summed E-state index contributed by atoms with van der Waals surface area (Å²) in [7, 11) is 0. The van der Waals surface area contributed by atoms with Crippen LogP contribution < -0.4 is 11.3 Å². The summed E-state index contributed by atoms with van der Waals surface area (Å²) in [6.07, 6.45) is 0.450. The highest BCUT2D eigenvalue weighted by Gasteiger charge is 2.19. The molecule has 2 aromatic carbocycles. The molecular formula is C14H12BrCl2FN2. The Morgan fingerprint density at radius 1 is 1.25 bits per heavy atom. The van der Waals surface area contributed by atoms with Crippen molar-refractivity contribution in [2.45, 2.75) is 12.5 Å². The zero-order valence-corrected chi connectivity index (χ0v) is 13.4. The second kappa shape index (κ2) is 6.87. The minimum absolute atomic E-state index is 0.326. The van der Waals surface area contributed by atoms with E-state index in [4.69, 9.17) is 29.0 Å². The molecule has 1 atom stereocenters. The molecule has 0 saturated carbocycles. The minimum atomic E-state index is -0.399. The van der Waals surface area contributed by atoms with Gasteiger partial charge in [-0.1, -0.05) is 51.3 Å². The Morgan fingerprint density at radius 3 is 2.60 bits per heavy atom. The van der Waals surface area contributed by atoms with Crippen molar-refractivity contribution in [2.24, 2.45) is 5.84 Å². The summed E-state index contributed by atoms with van der Waals surface area (Å²) < 4.78 is 14.6. The zero-order valence-electron chi connectivity index (χ0n) is 10.3. The summed E-state index contributed by atoms with van der Waals surface area (Å²) >= 11 is 15.3. The van der Waals surface area contributed by atoms with Crippen LogP contribution in [0.4, 0.5) is 4.39 Å². The van der Waals surface area contributed by atoms with Gasteiger partial charge >= 0.3 is 0 Å². The van der Waals surface area contributed by atoms with Crippen LogP contribution in [0.3, 0.4) is 0 Å². The molecule has 0 fully saturated rings. The van der Waals surface area contributed by atoms with Crippen molar-refractivity contribution < 1.29 is 4.39 Å². The van der Waals surface area contributed by atoms with Gasteiger partial charge in [-0.2, -0.15) is 0 Å². The smallest absolute Gasteiger partial charge is 0.129 e. The summed E-state index contributed by atoms with van der Waals surface area (Å²) in [5, 5.41) is 1.09. The third-order valence-corrected chi connectivity index (χ3v) is 4.27. The standard InChI is InChI=1S/C14H12BrCl2FN2/c15-10-2-1-3-12(18)14(10)13(20-19)6-8-4-5-9(16)7-11(8)17/h1-5,7,13,20H,6,19H2. The molecule has 106 valence electrons. The fourth-order valence-electron chi connectivity index (χ4n) is 2.00. The Morgan fingerprint density at radius 2 is 2.00 bits per heavy atom. The monoisotopic (exact) mass is 376 g/mol. The van der Waals surface area contributed by atoms with Gasteiger partial charge in [0.05, 0.1) is 6.04 Å². The van der Waals surface area contributed by atoms with Gasteiger partial charge in [-0.25, -0.2) is 4.39 Å². The maximum absolute atomic E-state index is 14.0. The van der Waals surface area contributed by atoms with Crippen LogP contribution in [0.25, 0.3) is 0 Å². The van der Waals surface area contributed by atoms with Crippen LogP contribution in [0.15, 0.2) is 40.9 Å². The van der Waals surface area contributed by atoms with Crippen molar-refractivity contribution in [2.75, 3.05) is 0 Å². The van der Waals surface area contributed by atoms with Gasteiger partial charge < -0.3 is 0 Å². The average Bonchev–Trinajstić information content (AvgIpc) is 2.39. The number of hydrazine groups is 1. The highest BCUT2D eigenvalue weighted by molar-refractivity contribution is 9.10. The predicted octanol–water partition coefficient (Wildman–Crippen LogP) is 4.64. The van der Waals surface area contributed by atoms with Crippen LogP contribution in [0.2, 0.25) is 10.0 Å².